The van der Waals surface area contributed by atoms with Gasteiger partial charge in [-0.05, 0) is 35.4 Å². The number of fused-ring (bicyclic) bond motifs is 5. The molecule has 2 heterocycles. The molecule has 0 radical (unpaired) electrons. The van der Waals surface area contributed by atoms with Gasteiger partial charge in [0.1, 0.15) is 6.04 Å². The topological polar surface area (TPSA) is 75.8 Å². The summed E-state index contributed by atoms with van der Waals surface area (Å²) in [5, 5.41) is 0. The zero-order valence-electron chi connectivity index (χ0n) is 15.9. The minimum absolute atomic E-state index is 0.0791. The number of hydrogen-bond donors (Lipinski definition) is 1. The minimum Gasteiger partial charge on any atom is -0.397 e. The molecule has 31 heavy (non-hydrogen) atoms. The summed E-state index contributed by atoms with van der Waals surface area (Å²) in [6.07, 6.45) is -3.58. The number of halogens is 5. The molecule has 0 aromatic heterocycles. The van der Waals surface area contributed by atoms with Gasteiger partial charge in [0.15, 0.2) is 0 Å². The molecule has 4 rings (SSSR count). The number of aliphatic imine (C=N–C) groups is 1. The lowest BCUT2D eigenvalue weighted by Crippen LogP contribution is -2.49. The molecule has 0 fully saturated rings. The molecule has 2 unspecified atom stereocenters. The average molecular weight is 457 g/mol. The van der Waals surface area contributed by atoms with E-state index in [4.69, 9.17) is 5.73 Å². The molecule has 2 aliphatic heterocycles. The average Bonchev–Trinajstić information content (AvgIpc) is 3.04. The first-order valence-electron chi connectivity index (χ1n) is 9.02. The minimum atomic E-state index is -4.67. The highest BCUT2D eigenvalue weighted by Crippen LogP contribution is 2.59. The van der Waals surface area contributed by atoms with E-state index in [1.165, 1.54) is 25.2 Å². The Kier molecular flexibility index (Phi) is 4.74. The van der Waals surface area contributed by atoms with Gasteiger partial charge in [0, 0.05) is 18.8 Å². The van der Waals surface area contributed by atoms with Gasteiger partial charge in [0.25, 0.3) is 0 Å². The first-order valence-corrected chi connectivity index (χ1v) is 10.5. The third kappa shape index (κ3) is 3.06. The molecular formula is C20H16F5N3O2S. The summed E-state index contributed by atoms with van der Waals surface area (Å²) in [6.45, 7) is 0. The summed E-state index contributed by atoms with van der Waals surface area (Å²) in [7, 11) is -3.31. The SMILES string of the molecule is C/N=C\C1=C(N)C(F)(F)C2c3ccccc3C1N2S(=O)(=O)c1ccc(C(F)(F)F)cc1. The lowest BCUT2D eigenvalue weighted by atomic mass is 9.96. The smallest absolute Gasteiger partial charge is 0.397 e. The van der Waals surface area contributed by atoms with Crippen LogP contribution in [0.3, 0.4) is 0 Å². The first-order chi connectivity index (χ1) is 14.4. The molecule has 0 saturated heterocycles. The van der Waals surface area contributed by atoms with Crippen LogP contribution in [-0.2, 0) is 16.2 Å². The van der Waals surface area contributed by atoms with Crippen LogP contribution < -0.4 is 5.73 Å². The van der Waals surface area contributed by atoms with E-state index >= 15 is 8.78 Å². The van der Waals surface area contributed by atoms with Gasteiger partial charge in [0.05, 0.1) is 22.2 Å². The Morgan fingerprint density at radius 2 is 1.65 bits per heavy atom. The fourth-order valence-electron chi connectivity index (χ4n) is 4.07. The number of rotatable bonds is 3. The van der Waals surface area contributed by atoms with E-state index in [2.05, 4.69) is 4.99 Å². The number of hydrogen-bond acceptors (Lipinski definition) is 4. The summed E-state index contributed by atoms with van der Waals surface area (Å²) in [6, 6.07) is 5.60. The van der Waals surface area contributed by atoms with Crippen molar-refractivity contribution in [1.29, 1.82) is 0 Å². The Morgan fingerprint density at radius 3 is 2.19 bits per heavy atom. The van der Waals surface area contributed by atoms with E-state index in [1.807, 2.05) is 0 Å². The van der Waals surface area contributed by atoms with Crippen LogP contribution in [0.4, 0.5) is 22.0 Å². The molecule has 0 saturated carbocycles. The van der Waals surface area contributed by atoms with E-state index in [-0.39, 0.29) is 11.1 Å². The van der Waals surface area contributed by atoms with Crippen LogP contribution in [-0.4, -0.2) is 31.9 Å². The zero-order valence-corrected chi connectivity index (χ0v) is 16.8. The standard InChI is InChI=1S/C20H16F5N3O2S/c1-27-10-15-16-13-4-2-3-5-14(13)18(19(21,22)17(15)26)28(16)31(29,30)12-8-6-11(7-9-12)20(23,24)25/h2-10,16,18H,26H2,1H3/b27-10-. The normalized spacial score (nSPS) is 23.4. The van der Waals surface area contributed by atoms with Crippen LogP contribution in [0.15, 0.2) is 69.7 Å². The maximum absolute atomic E-state index is 15.4. The Bertz CT molecular complexity index is 1200. The van der Waals surface area contributed by atoms with Crippen molar-refractivity contribution >= 4 is 16.2 Å². The molecule has 0 amide bonds. The fourth-order valence-corrected chi connectivity index (χ4v) is 5.82. The lowest BCUT2D eigenvalue weighted by molar-refractivity contribution is -0.137. The van der Waals surface area contributed by atoms with Crippen molar-refractivity contribution < 1.29 is 30.4 Å². The van der Waals surface area contributed by atoms with Crippen LogP contribution in [0.5, 0.6) is 0 Å². The first kappa shape index (κ1) is 21.4. The maximum atomic E-state index is 15.4. The zero-order chi connectivity index (χ0) is 22.8. The van der Waals surface area contributed by atoms with Gasteiger partial charge in [-0.1, -0.05) is 24.3 Å². The Balaban J connectivity index is 1.93. The Morgan fingerprint density at radius 1 is 1.06 bits per heavy atom. The van der Waals surface area contributed by atoms with Crippen molar-refractivity contribution in [2.75, 3.05) is 7.05 Å². The highest BCUT2D eigenvalue weighted by atomic mass is 32.2. The second-order valence-electron chi connectivity index (χ2n) is 7.17. The molecular weight excluding hydrogens is 441 g/mol. The molecule has 2 atom stereocenters. The molecule has 2 aromatic rings. The fraction of sp³-hybridized carbons (Fsp3) is 0.250. The van der Waals surface area contributed by atoms with Crippen molar-refractivity contribution in [1.82, 2.24) is 4.31 Å². The third-order valence-electron chi connectivity index (χ3n) is 5.43. The molecule has 11 heteroatoms. The highest BCUT2D eigenvalue weighted by Gasteiger charge is 2.62. The monoisotopic (exact) mass is 457 g/mol. The number of alkyl halides is 5. The van der Waals surface area contributed by atoms with E-state index in [0.717, 1.165) is 18.3 Å². The van der Waals surface area contributed by atoms with Crippen molar-refractivity contribution in [3.05, 3.63) is 76.5 Å². The molecule has 2 aliphatic rings. The quantitative estimate of drug-likeness (QED) is 0.558. The molecule has 164 valence electrons. The molecule has 5 nitrogen and oxygen atoms in total. The lowest BCUT2D eigenvalue weighted by Gasteiger charge is -2.39. The summed E-state index contributed by atoms with van der Waals surface area (Å²) < 4.78 is 96.8. The second kappa shape index (κ2) is 6.86. The predicted molar refractivity (Wildman–Crippen MR) is 103 cm³/mol. The number of nitrogens with two attached hydrogens (primary N) is 1. The molecule has 0 aliphatic carbocycles. The number of benzene rings is 2. The van der Waals surface area contributed by atoms with Crippen molar-refractivity contribution in [3.8, 4) is 0 Å². The van der Waals surface area contributed by atoms with Crippen molar-refractivity contribution in [2.45, 2.75) is 29.1 Å². The van der Waals surface area contributed by atoms with E-state index in [1.54, 1.807) is 6.07 Å². The van der Waals surface area contributed by atoms with Gasteiger partial charge in [-0.3, -0.25) is 4.99 Å². The van der Waals surface area contributed by atoms with E-state index < -0.39 is 50.4 Å². The Labute approximate surface area is 174 Å². The summed E-state index contributed by atoms with van der Waals surface area (Å²) >= 11 is 0. The third-order valence-corrected chi connectivity index (χ3v) is 7.27. The molecule has 2 N–H and O–H groups in total. The molecule has 0 spiro atoms. The van der Waals surface area contributed by atoms with E-state index in [0.29, 0.717) is 22.0 Å². The van der Waals surface area contributed by atoms with Crippen LogP contribution in [0.25, 0.3) is 0 Å². The maximum Gasteiger partial charge on any atom is 0.416 e. The van der Waals surface area contributed by atoms with Gasteiger partial charge in [-0.25, -0.2) is 8.42 Å². The second-order valence-corrected chi connectivity index (χ2v) is 9.01. The number of nitrogens with zero attached hydrogens (tertiary/aromatic N) is 2. The Hall–Kier alpha value is -2.79. The van der Waals surface area contributed by atoms with E-state index in [9.17, 15) is 21.6 Å². The predicted octanol–water partition coefficient (Wildman–Crippen LogP) is 4.05. The van der Waals surface area contributed by atoms with Crippen molar-refractivity contribution in [3.63, 3.8) is 0 Å². The van der Waals surface area contributed by atoms with Gasteiger partial charge >= 0.3 is 12.1 Å². The largest absolute Gasteiger partial charge is 0.416 e. The summed E-state index contributed by atoms with van der Waals surface area (Å²) in [5.74, 6) is -3.77. The van der Waals surface area contributed by atoms with Crippen LogP contribution in [0.2, 0.25) is 0 Å². The van der Waals surface area contributed by atoms with Crippen LogP contribution in [0.1, 0.15) is 28.8 Å². The van der Waals surface area contributed by atoms with Gasteiger partial charge in [0.2, 0.25) is 10.0 Å². The van der Waals surface area contributed by atoms with Gasteiger partial charge in [-0.2, -0.15) is 26.3 Å². The van der Waals surface area contributed by atoms with Crippen LogP contribution in [0, 0.1) is 0 Å². The van der Waals surface area contributed by atoms with Crippen LogP contribution >= 0.6 is 0 Å². The van der Waals surface area contributed by atoms with Crippen molar-refractivity contribution in [2.24, 2.45) is 10.7 Å². The summed E-state index contributed by atoms with van der Waals surface area (Å²) in [4.78, 5) is 3.22. The number of sulfonamides is 1. The van der Waals surface area contributed by atoms with Gasteiger partial charge in [-0.15, -0.1) is 0 Å². The highest BCUT2D eigenvalue weighted by molar-refractivity contribution is 7.89. The molecule has 2 aromatic carbocycles. The molecule has 2 bridgehead atoms. The summed E-state index contributed by atoms with van der Waals surface area (Å²) in [5.41, 5.74) is 4.13. The van der Waals surface area contributed by atoms with Gasteiger partial charge < -0.3 is 5.73 Å².